The Hall–Kier alpha value is -1.63. The summed E-state index contributed by atoms with van der Waals surface area (Å²) in [4.78, 5) is 16.1. The van der Waals surface area contributed by atoms with Gasteiger partial charge in [-0.2, -0.15) is 0 Å². The minimum atomic E-state index is -3.01. The fraction of sp³-hybridized carbons (Fsp3) is 0.500. The van der Waals surface area contributed by atoms with E-state index in [0.717, 1.165) is 0 Å². The molecule has 0 saturated carbocycles. The Morgan fingerprint density at radius 1 is 1.58 bits per heavy atom. The molecule has 1 aliphatic heterocycles. The maximum atomic E-state index is 12.1. The Labute approximate surface area is 112 Å². The first kappa shape index (κ1) is 13.8. The molecule has 7 heteroatoms. The summed E-state index contributed by atoms with van der Waals surface area (Å²) in [5, 5.41) is 2.71. The molecule has 0 aromatic carbocycles. The average Bonchev–Trinajstić information content (AvgIpc) is 2.69. The van der Waals surface area contributed by atoms with Gasteiger partial charge in [-0.3, -0.25) is 4.79 Å². The van der Waals surface area contributed by atoms with E-state index in [0.29, 0.717) is 18.6 Å². The summed E-state index contributed by atoms with van der Waals surface area (Å²) in [6.45, 7) is 2.22. The third kappa shape index (κ3) is 3.44. The van der Waals surface area contributed by atoms with Gasteiger partial charge in [-0.1, -0.05) is 0 Å². The number of amides is 1. The molecule has 1 aromatic heterocycles. The summed E-state index contributed by atoms with van der Waals surface area (Å²) >= 11 is 0. The number of nitrogens with one attached hydrogen (secondary N) is 1. The van der Waals surface area contributed by atoms with Gasteiger partial charge in [-0.15, -0.1) is 0 Å². The van der Waals surface area contributed by atoms with Gasteiger partial charge in [-0.25, -0.2) is 13.4 Å². The number of aromatic nitrogens is 1. The summed E-state index contributed by atoms with van der Waals surface area (Å²) in [7, 11) is -3.01. The van der Waals surface area contributed by atoms with Crippen LogP contribution in [0.5, 0.6) is 5.88 Å². The van der Waals surface area contributed by atoms with Gasteiger partial charge in [0.25, 0.3) is 5.91 Å². The minimum absolute atomic E-state index is 0.00295. The highest BCUT2D eigenvalue weighted by Gasteiger charge is 2.29. The van der Waals surface area contributed by atoms with Crippen LogP contribution in [0.2, 0.25) is 0 Å². The highest BCUT2D eigenvalue weighted by molar-refractivity contribution is 7.91. The number of carbonyl (C=O) groups excluding carboxylic acids is 1. The van der Waals surface area contributed by atoms with Crippen molar-refractivity contribution in [3.63, 3.8) is 0 Å². The molecule has 0 unspecified atom stereocenters. The molecule has 1 aromatic rings. The van der Waals surface area contributed by atoms with Crippen LogP contribution in [0.3, 0.4) is 0 Å². The van der Waals surface area contributed by atoms with Gasteiger partial charge in [-0.05, 0) is 25.5 Å². The summed E-state index contributed by atoms with van der Waals surface area (Å²) in [5.74, 6) is 0.0497. The minimum Gasteiger partial charge on any atom is -0.477 e. The van der Waals surface area contributed by atoms with Crippen molar-refractivity contribution in [3.05, 3.63) is 23.9 Å². The van der Waals surface area contributed by atoms with Crippen LogP contribution >= 0.6 is 0 Å². The van der Waals surface area contributed by atoms with E-state index in [1.165, 1.54) is 0 Å². The average molecular weight is 284 g/mol. The molecule has 2 heterocycles. The van der Waals surface area contributed by atoms with E-state index < -0.39 is 9.84 Å². The van der Waals surface area contributed by atoms with Gasteiger partial charge >= 0.3 is 0 Å². The van der Waals surface area contributed by atoms with E-state index in [-0.39, 0.29) is 29.3 Å². The molecular weight excluding hydrogens is 268 g/mol. The standard InChI is InChI=1S/C12H16N2O4S/c1-2-18-12-10(4-3-6-13-12)11(15)14-9-5-7-19(16,17)8-9/h3-4,6,9H,2,5,7-8H2,1H3,(H,14,15)/t9-/m1/s1. The van der Waals surface area contributed by atoms with Crippen LogP contribution < -0.4 is 10.1 Å². The van der Waals surface area contributed by atoms with Gasteiger partial charge in [0.2, 0.25) is 5.88 Å². The number of sulfone groups is 1. The van der Waals surface area contributed by atoms with Crippen molar-refractivity contribution in [2.24, 2.45) is 0 Å². The Kier molecular flexibility index (Phi) is 4.04. The molecule has 0 bridgehead atoms. The normalized spacial score (nSPS) is 21.0. The van der Waals surface area contributed by atoms with Crippen LogP contribution in [0.25, 0.3) is 0 Å². The molecule has 1 aliphatic rings. The number of carbonyl (C=O) groups is 1. The molecule has 1 fully saturated rings. The highest BCUT2D eigenvalue weighted by atomic mass is 32.2. The Morgan fingerprint density at radius 3 is 3.00 bits per heavy atom. The third-order valence-electron chi connectivity index (χ3n) is 2.86. The second kappa shape index (κ2) is 5.56. The van der Waals surface area contributed by atoms with Crippen molar-refractivity contribution in [1.29, 1.82) is 0 Å². The number of rotatable bonds is 4. The summed E-state index contributed by atoms with van der Waals surface area (Å²) in [6.07, 6.45) is 2.00. The second-order valence-corrected chi connectivity index (χ2v) is 6.59. The van der Waals surface area contributed by atoms with Gasteiger partial charge in [0.05, 0.1) is 18.1 Å². The SMILES string of the molecule is CCOc1ncccc1C(=O)N[C@@H]1CCS(=O)(=O)C1. The van der Waals surface area contributed by atoms with Crippen LogP contribution in [-0.2, 0) is 9.84 Å². The number of pyridine rings is 1. The van der Waals surface area contributed by atoms with Crippen molar-refractivity contribution >= 4 is 15.7 Å². The van der Waals surface area contributed by atoms with Crippen LogP contribution in [0.1, 0.15) is 23.7 Å². The molecule has 19 heavy (non-hydrogen) atoms. The third-order valence-corrected chi connectivity index (χ3v) is 4.63. The molecule has 1 saturated heterocycles. The molecule has 1 N–H and O–H groups in total. The number of ether oxygens (including phenoxy) is 1. The lowest BCUT2D eigenvalue weighted by Crippen LogP contribution is -2.35. The molecule has 1 atom stereocenters. The lowest BCUT2D eigenvalue weighted by molar-refractivity contribution is 0.0936. The first-order chi connectivity index (χ1) is 9.02. The Balaban J connectivity index is 2.08. The molecule has 104 valence electrons. The van der Waals surface area contributed by atoms with E-state index in [1.54, 1.807) is 25.3 Å². The van der Waals surface area contributed by atoms with Gasteiger partial charge in [0.15, 0.2) is 9.84 Å². The fourth-order valence-corrected chi connectivity index (χ4v) is 3.66. The molecule has 6 nitrogen and oxygen atoms in total. The zero-order chi connectivity index (χ0) is 13.9. The van der Waals surface area contributed by atoms with E-state index in [1.807, 2.05) is 0 Å². The van der Waals surface area contributed by atoms with Crippen LogP contribution in [-0.4, -0.2) is 43.5 Å². The number of nitrogens with zero attached hydrogens (tertiary/aromatic N) is 1. The Bertz CT molecular complexity index is 571. The lowest BCUT2D eigenvalue weighted by atomic mass is 10.2. The van der Waals surface area contributed by atoms with E-state index >= 15 is 0 Å². The van der Waals surface area contributed by atoms with Crippen molar-refractivity contribution in [2.75, 3.05) is 18.1 Å². The molecular formula is C12H16N2O4S. The van der Waals surface area contributed by atoms with Gasteiger partial charge < -0.3 is 10.1 Å². The molecule has 0 radical (unpaired) electrons. The van der Waals surface area contributed by atoms with Crippen LogP contribution in [0.4, 0.5) is 0 Å². The second-order valence-electron chi connectivity index (χ2n) is 4.36. The predicted molar refractivity (Wildman–Crippen MR) is 69.9 cm³/mol. The van der Waals surface area contributed by atoms with Crippen LogP contribution in [0, 0.1) is 0 Å². The maximum Gasteiger partial charge on any atom is 0.257 e. The topological polar surface area (TPSA) is 85.4 Å². The molecule has 0 spiro atoms. The van der Waals surface area contributed by atoms with Crippen LogP contribution in [0.15, 0.2) is 18.3 Å². The van der Waals surface area contributed by atoms with Gasteiger partial charge in [0.1, 0.15) is 5.56 Å². The summed E-state index contributed by atoms with van der Waals surface area (Å²) in [5.41, 5.74) is 0.327. The largest absolute Gasteiger partial charge is 0.477 e. The monoisotopic (exact) mass is 284 g/mol. The quantitative estimate of drug-likeness (QED) is 0.865. The number of hydrogen-bond acceptors (Lipinski definition) is 5. The summed E-state index contributed by atoms with van der Waals surface area (Å²) in [6, 6.07) is 2.92. The molecule has 0 aliphatic carbocycles. The Morgan fingerprint density at radius 2 is 2.37 bits per heavy atom. The van der Waals surface area contributed by atoms with Crippen molar-refractivity contribution in [1.82, 2.24) is 10.3 Å². The highest BCUT2D eigenvalue weighted by Crippen LogP contribution is 2.16. The van der Waals surface area contributed by atoms with E-state index in [4.69, 9.17) is 4.74 Å². The first-order valence-corrected chi connectivity index (χ1v) is 7.93. The zero-order valence-electron chi connectivity index (χ0n) is 10.6. The fourth-order valence-electron chi connectivity index (χ4n) is 1.99. The summed E-state index contributed by atoms with van der Waals surface area (Å²) < 4.78 is 28.0. The van der Waals surface area contributed by atoms with Crippen molar-refractivity contribution < 1.29 is 17.9 Å². The van der Waals surface area contributed by atoms with E-state index in [9.17, 15) is 13.2 Å². The lowest BCUT2D eigenvalue weighted by Gasteiger charge is -2.12. The zero-order valence-corrected chi connectivity index (χ0v) is 11.4. The smallest absolute Gasteiger partial charge is 0.257 e. The van der Waals surface area contributed by atoms with Crippen molar-refractivity contribution in [3.8, 4) is 5.88 Å². The van der Waals surface area contributed by atoms with Crippen molar-refractivity contribution in [2.45, 2.75) is 19.4 Å². The molecule has 1 amide bonds. The predicted octanol–water partition coefficient (Wildman–Crippen LogP) is 0.397. The van der Waals surface area contributed by atoms with Gasteiger partial charge in [0, 0.05) is 12.2 Å². The molecule has 2 rings (SSSR count). The first-order valence-electron chi connectivity index (χ1n) is 6.11. The number of hydrogen-bond donors (Lipinski definition) is 1. The maximum absolute atomic E-state index is 12.1. The van der Waals surface area contributed by atoms with E-state index in [2.05, 4.69) is 10.3 Å².